The summed E-state index contributed by atoms with van der Waals surface area (Å²) >= 11 is 0. The SMILES string of the molecule is CCCCCCCCCCCCCC(=O)O.CCCCCCCCCCCCCCCC(=O)O. The van der Waals surface area contributed by atoms with Gasteiger partial charge in [0, 0.05) is 12.8 Å². The summed E-state index contributed by atoms with van der Waals surface area (Å²) in [5.41, 5.74) is 0. The Hall–Kier alpha value is -1.06. The fraction of sp³-hybridized carbons (Fsp3) is 0.933. The molecule has 0 aromatic heterocycles. The third kappa shape index (κ3) is 38.2. The quantitative estimate of drug-likeness (QED) is 0.120. The Kier molecular flexibility index (Phi) is 33.0. The summed E-state index contributed by atoms with van der Waals surface area (Å²) in [7, 11) is 0. The van der Waals surface area contributed by atoms with Gasteiger partial charge in [-0.25, -0.2) is 0 Å². The summed E-state index contributed by atoms with van der Waals surface area (Å²) in [6.07, 6.45) is 31.6. The van der Waals surface area contributed by atoms with Crippen molar-refractivity contribution in [1.29, 1.82) is 0 Å². The highest BCUT2D eigenvalue weighted by Crippen LogP contribution is 2.13. The molecule has 0 aliphatic heterocycles. The molecule has 4 nitrogen and oxygen atoms in total. The second-order valence-corrected chi connectivity index (χ2v) is 10.1. The normalized spacial score (nSPS) is 10.6. The van der Waals surface area contributed by atoms with Gasteiger partial charge in [-0.15, -0.1) is 0 Å². The Balaban J connectivity index is 0. The summed E-state index contributed by atoms with van der Waals surface area (Å²) < 4.78 is 0. The van der Waals surface area contributed by atoms with Crippen LogP contribution in [0.3, 0.4) is 0 Å². The van der Waals surface area contributed by atoms with Crippen molar-refractivity contribution in [1.82, 2.24) is 0 Å². The molecule has 0 aliphatic rings. The van der Waals surface area contributed by atoms with Crippen LogP contribution in [0.25, 0.3) is 0 Å². The van der Waals surface area contributed by atoms with Gasteiger partial charge < -0.3 is 10.2 Å². The van der Waals surface area contributed by atoms with Gasteiger partial charge in [0.05, 0.1) is 0 Å². The molecule has 2 N–H and O–H groups in total. The molecule has 0 unspecified atom stereocenters. The molecule has 0 bridgehead atoms. The molecule has 0 aliphatic carbocycles. The van der Waals surface area contributed by atoms with Crippen molar-refractivity contribution in [3.8, 4) is 0 Å². The highest BCUT2D eigenvalue weighted by Gasteiger charge is 1.98. The minimum absolute atomic E-state index is 0.344. The zero-order valence-corrected chi connectivity index (χ0v) is 23.1. The average molecular weight is 485 g/mol. The highest BCUT2D eigenvalue weighted by atomic mass is 16.4. The van der Waals surface area contributed by atoms with Crippen LogP contribution in [-0.2, 0) is 9.59 Å². The summed E-state index contributed by atoms with van der Waals surface area (Å²) in [5.74, 6) is -1.31. The van der Waals surface area contributed by atoms with E-state index in [4.69, 9.17) is 10.2 Å². The predicted molar refractivity (Wildman–Crippen MR) is 147 cm³/mol. The smallest absolute Gasteiger partial charge is 0.303 e. The van der Waals surface area contributed by atoms with Crippen molar-refractivity contribution in [3.05, 3.63) is 0 Å². The lowest BCUT2D eigenvalue weighted by Gasteiger charge is -2.02. The van der Waals surface area contributed by atoms with E-state index in [1.807, 2.05) is 0 Å². The lowest BCUT2D eigenvalue weighted by molar-refractivity contribution is -0.138. The van der Waals surface area contributed by atoms with Crippen LogP contribution in [-0.4, -0.2) is 22.2 Å². The van der Waals surface area contributed by atoms with Crippen LogP contribution in [0.5, 0.6) is 0 Å². The van der Waals surface area contributed by atoms with Gasteiger partial charge in [0.25, 0.3) is 0 Å². The number of aliphatic carboxylic acids is 2. The van der Waals surface area contributed by atoms with Crippen LogP contribution in [0.15, 0.2) is 0 Å². The van der Waals surface area contributed by atoms with Gasteiger partial charge in [-0.3, -0.25) is 9.59 Å². The second kappa shape index (κ2) is 31.9. The number of carboxylic acid groups (broad SMARTS) is 2. The first kappa shape index (κ1) is 35.1. The predicted octanol–water partition coefficient (Wildman–Crippen LogP) is 10.3. The zero-order valence-electron chi connectivity index (χ0n) is 23.1. The van der Waals surface area contributed by atoms with Crippen molar-refractivity contribution >= 4 is 11.9 Å². The third-order valence-electron chi connectivity index (χ3n) is 6.49. The van der Waals surface area contributed by atoms with Crippen molar-refractivity contribution in [2.45, 2.75) is 181 Å². The lowest BCUT2D eigenvalue weighted by atomic mass is 10.0. The molecule has 0 aromatic rings. The molecule has 0 atom stereocenters. The summed E-state index contributed by atoms with van der Waals surface area (Å²) in [6.45, 7) is 4.51. The van der Waals surface area contributed by atoms with Crippen molar-refractivity contribution in [2.75, 3.05) is 0 Å². The molecule has 0 radical (unpaired) electrons. The van der Waals surface area contributed by atoms with Crippen molar-refractivity contribution in [3.63, 3.8) is 0 Å². The number of unbranched alkanes of at least 4 members (excludes halogenated alkanes) is 22. The standard InChI is InChI=1S/C16H32O2.C14H28O2/c1-2-3-4-5-6-7-8-9-10-11-12-13-14-15-16(17)18;1-2-3-4-5-6-7-8-9-10-11-12-13-14(15)16/h2-15H2,1H3,(H,17,18);2-13H2,1H3,(H,15,16). The molecule has 0 fully saturated rings. The number of rotatable bonds is 26. The molecular formula is C30H60O4. The summed E-state index contributed by atoms with van der Waals surface area (Å²) in [6, 6.07) is 0. The van der Waals surface area contributed by atoms with E-state index in [1.165, 1.54) is 128 Å². The monoisotopic (exact) mass is 484 g/mol. The van der Waals surface area contributed by atoms with E-state index < -0.39 is 11.9 Å². The Morgan fingerprint density at radius 1 is 0.353 bits per heavy atom. The van der Waals surface area contributed by atoms with Crippen LogP contribution >= 0.6 is 0 Å². The number of carbonyl (C=O) groups is 2. The molecular weight excluding hydrogens is 424 g/mol. The summed E-state index contributed by atoms with van der Waals surface area (Å²) in [5, 5.41) is 16.9. The molecule has 4 heteroatoms. The Morgan fingerprint density at radius 3 is 0.706 bits per heavy atom. The summed E-state index contributed by atoms with van der Waals surface area (Å²) in [4.78, 5) is 20.6. The molecule has 0 saturated heterocycles. The maximum absolute atomic E-state index is 10.3. The number of hydrogen-bond donors (Lipinski definition) is 2. The van der Waals surface area contributed by atoms with E-state index in [-0.39, 0.29) is 0 Å². The lowest BCUT2D eigenvalue weighted by Crippen LogP contribution is -1.93. The largest absolute Gasteiger partial charge is 0.481 e. The third-order valence-corrected chi connectivity index (χ3v) is 6.49. The minimum Gasteiger partial charge on any atom is -0.481 e. The van der Waals surface area contributed by atoms with E-state index in [1.54, 1.807) is 0 Å². The van der Waals surface area contributed by atoms with Gasteiger partial charge in [0.1, 0.15) is 0 Å². The zero-order chi connectivity index (χ0) is 25.5. The molecule has 0 saturated carbocycles. The topological polar surface area (TPSA) is 74.6 Å². The van der Waals surface area contributed by atoms with Gasteiger partial charge >= 0.3 is 11.9 Å². The van der Waals surface area contributed by atoms with Crippen molar-refractivity contribution < 1.29 is 19.8 Å². The average Bonchev–Trinajstić information content (AvgIpc) is 2.80. The van der Waals surface area contributed by atoms with Crippen LogP contribution in [0, 0.1) is 0 Å². The van der Waals surface area contributed by atoms with E-state index in [0.717, 1.165) is 25.7 Å². The molecule has 0 aromatic carbocycles. The van der Waals surface area contributed by atoms with E-state index in [2.05, 4.69) is 13.8 Å². The number of carboxylic acids is 2. The van der Waals surface area contributed by atoms with Crippen molar-refractivity contribution in [2.24, 2.45) is 0 Å². The molecule has 204 valence electrons. The molecule has 34 heavy (non-hydrogen) atoms. The molecule has 0 rings (SSSR count). The van der Waals surface area contributed by atoms with Crippen LogP contribution in [0.2, 0.25) is 0 Å². The first-order chi connectivity index (χ1) is 16.5. The maximum atomic E-state index is 10.3. The first-order valence-corrected chi connectivity index (χ1v) is 15.0. The molecule has 0 amide bonds. The fourth-order valence-electron chi connectivity index (χ4n) is 4.23. The Labute approximate surface area is 212 Å². The Bertz CT molecular complexity index is 409. The minimum atomic E-state index is -0.657. The van der Waals surface area contributed by atoms with Crippen LogP contribution < -0.4 is 0 Å². The highest BCUT2D eigenvalue weighted by molar-refractivity contribution is 5.66. The molecule has 0 spiro atoms. The Morgan fingerprint density at radius 2 is 0.529 bits per heavy atom. The maximum Gasteiger partial charge on any atom is 0.303 e. The number of hydrogen-bond acceptors (Lipinski definition) is 2. The van der Waals surface area contributed by atoms with Gasteiger partial charge in [-0.2, -0.15) is 0 Å². The van der Waals surface area contributed by atoms with Gasteiger partial charge in [-0.05, 0) is 12.8 Å². The first-order valence-electron chi connectivity index (χ1n) is 15.0. The van der Waals surface area contributed by atoms with Gasteiger partial charge in [-0.1, -0.05) is 155 Å². The van der Waals surface area contributed by atoms with E-state index in [0.29, 0.717) is 12.8 Å². The van der Waals surface area contributed by atoms with E-state index >= 15 is 0 Å². The molecule has 0 heterocycles. The fourth-order valence-corrected chi connectivity index (χ4v) is 4.23. The second-order valence-electron chi connectivity index (χ2n) is 10.1. The van der Waals surface area contributed by atoms with Gasteiger partial charge in [0.2, 0.25) is 0 Å². The van der Waals surface area contributed by atoms with Crippen LogP contribution in [0.4, 0.5) is 0 Å². The van der Waals surface area contributed by atoms with Gasteiger partial charge in [0.15, 0.2) is 0 Å². The van der Waals surface area contributed by atoms with Crippen LogP contribution in [0.1, 0.15) is 181 Å². The van der Waals surface area contributed by atoms with E-state index in [9.17, 15) is 9.59 Å².